The van der Waals surface area contributed by atoms with Crippen molar-refractivity contribution < 1.29 is 9.18 Å². The van der Waals surface area contributed by atoms with Gasteiger partial charge in [-0.05, 0) is 18.6 Å². The van der Waals surface area contributed by atoms with Crippen molar-refractivity contribution in [1.82, 2.24) is 0 Å². The number of Topliss-reactive ketones (excluding diaryl/α,β-unsaturated/α-hetero) is 1. The summed E-state index contributed by atoms with van der Waals surface area (Å²) >= 11 is 6.55. The van der Waals surface area contributed by atoms with Crippen LogP contribution in [0.2, 0.25) is 0 Å². The Balaban J connectivity index is 2.85. The molecule has 15 heavy (non-hydrogen) atoms. The zero-order valence-corrected chi connectivity index (χ0v) is 11.4. The molecule has 1 aromatic carbocycles. The van der Waals surface area contributed by atoms with Crippen molar-refractivity contribution in [2.75, 3.05) is 0 Å². The monoisotopic (exact) mass is 336 g/mol. The maximum atomic E-state index is 13.4. The molecule has 1 rings (SSSR count). The van der Waals surface area contributed by atoms with Crippen molar-refractivity contribution in [3.8, 4) is 0 Å². The summed E-state index contributed by atoms with van der Waals surface area (Å²) in [5.41, 5.74) is 0.543. The zero-order chi connectivity index (χ0) is 11.4. The number of rotatable bonds is 4. The molecule has 1 aromatic rings. The third-order valence-corrected chi connectivity index (χ3v) is 3.72. The second-order valence-electron chi connectivity index (χ2n) is 3.19. The number of hydrogen-bond donors (Lipinski definition) is 0. The highest BCUT2D eigenvalue weighted by Gasteiger charge is 2.17. The van der Waals surface area contributed by atoms with E-state index < -0.39 is 0 Å². The molecule has 0 aliphatic carbocycles. The summed E-state index contributed by atoms with van der Waals surface area (Å²) in [4.78, 5) is 11.0. The lowest BCUT2D eigenvalue weighted by atomic mass is 10.1. The van der Waals surface area contributed by atoms with Crippen molar-refractivity contribution in [2.24, 2.45) is 0 Å². The fraction of sp³-hybridized carbons (Fsp3) is 0.364. The average Bonchev–Trinajstić information content (AvgIpc) is 2.22. The lowest BCUT2D eigenvalue weighted by molar-refractivity contribution is -0.118. The number of carbonyl (C=O) groups excluding carboxylic acids is 1. The van der Waals surface area contributed by atoms with E-state index in [1.54, 1.807) is 19.1 Å². The van der Waals surface area contributed by atoms with Gasteiger partial charge in [0.1, 0.15) is 11.6 Å². The van der Waals surface area contributed by atoms with Gasteiger partial charge in [0, 0.05) is 16.5 Å². The summed E-state index contributed by atoms with van der Waals surface area (Å²) in [5.74, 6) is -0.192. The van der Waals surface area contributed by atoms with Gasteiger partial charge < -0.3 is 0 Å². The fourth-order valence-electron chi connectivity index (χ4n) is 1.24. The predicted octanol–water partition coefficient (Wildman–Crippen LogP) is 3.87. The van der Waals surface area contributed by atoms with E-state index in [1.807, 2.05) is 0 Å². The molecule has 1 atom stereocenters. The van der Waals surface area contributed by atoms with Crippen LogP contribution in [-0.4, -0.2) is 10.6 Å². The maximum Gasteiger partial charge on any atom is 0.146 e. The number of alkyl halides is 1. The molecule has 0 spiro atoms. The van der Waals surface area contributed by atoms with Crippen LogP contribution in [0.3, 0.4) is 0 Å². The van der Waals surface area contributed by atoms with Gasteiger partial charge in [-0.3, -0.25) is 4.79 Å². The number of halogens is 3. The summed E-state index contributed by atoms with van der Waals surface area (Å²) in [6.45, 7) is 1.80. The van der Waals surface area contributed by atoms with Crippen LogP contribution in [0.4, 0.5) is 4.39 Å². The van der Waals surface area contributed by atoms with E-state index in [9.17, 15) is 9.18 Å². The normalized spacial score (nSPS) is 12.5. The smallest absolute Gasteiger partial charge is 0.146 e. The van der Waals surface area contributed by atoms with Crippen LogP contribution in [0.25, 0.3) is 0 Å². The van der Waals surface area contributed by atoms with Gasteiger partial charge in [-0.15, -0.1) is 0 Å². The lowest BCUT2D eigenvalue weighted by Crippen LogP contribution is -2.16. The highest BCUT2D eigenvalue weighted by Crippen LogP contribution is 2.23. The molecule has 0 fully saturated rings. The SMILES string of the molecule is CCC(=O)C(Br)Cc1c(F)cccc1Br. The third-order valence-electron chi connectivity index (χ3n) is 2.14. The van der Waals surface area contributed by atoms with Crippen LogP contribution in [0.15, 0.2) is 22.7 Å². The van der Waals surface area contributed by atoms with Crippen LogP contribution in [0.5, 0.6) is 0 Å². The number of ketones is 1. The van der Waals surface area contributed by atoms with Gasteiger partial charge in [0.2, 0.25) is 0 Å². The van der Waals surface area contributed by atoms with Crippen LogP contribution in [-0.2, 0) is 11.2 Å². The Morgan fingerprint density at radius 3 is 2.73 bits per heavy atom. The Bertz CT molecular complexity index is 345. The van der Waals surface area contributed by atoms with Crippen LogP contribution >= 0.6 is 31.9 Å². The van der Waals surface area contributed by atoms with E-state index in [2.05, 4.69) is 31.9 Å². The van der Waals surface area contributed by atoms with Gasteiger partial charge in [-0.25, -0.2) is 4.39 Å². The van der Waals surface area contributed by atoms with Crippen molar-refractivity contribution in [1.29, 1.82) is 0 Å². The minimum absolute atomic E-state index is 0.0881. The summed E-state index contributed by atoms with van der Waals surface area (Å²) in [7, 11) is 0. The van der Waals surface area contributed by atoms with Crippen LogP contribution < -0.4 is 0 Å². The summed E-state index contributed by atoms with van der Waals surface area (Å²) < 4.78 is 14.1. The van der Waals surface area contributed by atoms with Crippen LogP contribution in [0.1, 0.15) is 18.9 Å². The molecule has 0 N–H and O–H groups in total. The minimum Gasteiger partial charge on any atom is -0.298 e. The standard InChI is InChI=1S/C11H11Br2FO/c1-2-11(15)9(13)6-7-8(12)4-3-5-10(7)14/h3-5,9H,2,6H2,1H3. The lowest BCUT2D eigenvalue weighted by Gasteiger charge is -2.10. The number of carbonyl (C=O) groups is 1. The van der Waals surface area contributed by atoms with Gasteiger partial charge in [0.15, 0.2) is 0 Å². The fourth-order valence-corrected chi connectivity index (χ4v) is 2.39. The number of benzene rings is 1. The Labute approximate surface area is 105 Å². The molecule has 0 saturated heterocycles. The first-order valence-electron chi connectivity index (χ1n) is 4.66. The quantitative estimate of drug-likeness (QED) is 0.762. The molecule has 0 amide bonds. The Morgan fingerprint density at radius 1 is 1.53 bits per heavy atom. The van der Waals surface area contributed by atoms with Crippen LogP contribution in [0, 0.1) is 5.82 Å². The summed E-state index contributed by atoms with van der Waals surface area (Å²) in [6.07, 6.45) is 0.835. The molecule has 1 unspecified atom stereocenters. The molecule has 1 nitrogen and oxygen atoms in total. The van der Waals surface area contributed by atoms with E-state index in [4.69, 9.17) is 0 Å². The zero-order valence-electron chi connectivity index (χ0n) is 8.27. The molecular formula is C11H11Br2FO. The summed E-state index contributed by atoms with van der Waals surface area (Å²) in [6, 6.07) is 4.80. The second-order valence-corrected chi connectivity index (χ2v) is 5.15. The minimum atomic E-state index is -0.310. The maximum absolute atomic E-state index is 13.4. The van der Waals surface area contributed by atoms with E-state index in [1.165, 1.54) is 6.07 Å². The first-order valence-corrected chi connectivity index (χ1v) is 6.36. The van der Waals surface area contributed by atoms with Crippen molar-refractivity contribution in [2.45, 2.75) is 24.6 Å². The van der Waals surface area contributed by atoms with E-state index >= 15 is 0 Å². The molecule has 0 heterocycles. The molecule has 0 aromatic heterocycles. The van der Waals surface area contributed by atoms with Gasteiger partial charge in [-0.2, -0.15) is 0 Å². The van der Waals surface area contributed by atoms with Gasteiger partial charge >= 0.3 is 0 Å². The molecule has 0 aliphatic rings. The molecule has 0 saturated carbocycles. The first kappa shape index (κ1) is 12.8. The topological polar surface area (TPSA) is 17.1 Å². The molecule has 0 radical (unpaired) electrons. The Kier molecular flexibility index (Phi) is 4.93. The van der Waals surface area contributed by atoms with Gasteiger partial charge in [0.25, 0.3) is 0 Å². The largest absolute Gasteiger partial charge is 0.298 e. The molecule has 0 bridgehead atoms. The Morgan fingerprint density at radius 2 is 2.20 bits per heavy atom. The third kappa shape index (κ3) is 3.38. The van der Waals surface area contributed by atoms with Crippen molar-refractivity contribution in [3.05, 3.63) is 34.1 Å². The highest BCUT2D eigenvalue weighted by atomic mass is 79.9. The highest BCUT2D eigenvalue weighted by molar-refractivity contribution is 9.10. The molecule has 4 heteroatoms. The van der Waals surface area contributed by atoms with Gasteiger partial charge in [-0.1, -0.05) is 44.8 Å². The summed E-state index contributed by atoms with van der Waals surface area (Å²) in [5, 5.41) is 0. The van der Waals surface area contributed by atoms with Crippen molar-refractivity contribution >= 4 is 37.6 Å². The molecule has 82 valence electrons. The second kappa shape index (κ2) is 5.75. The van der Waals surface area contributed by atoms with E-state index in [0.29, 0.717) is 22.9 Å². The predicted molar refractivity (Wildman–Crippen MR) is 65.8 cm³/mol. The van der Waals surface area contributed by atoms with Gasteiger partial charge in [0.05, 0.1) is 4.83 Å². The number of hydrogen-bond acceptors (Lipinski definition) is 1. The van der Waals surface area contributed by atoms with Crippen molar-refractivity contribution in [3.63, 3.8) is 0 Å². The first-order chi connectivity index (χ1) is 7.06. The van der Waals surface area contributed by atoms with E-state index in [0.717, 1.165) is 0 Å². The average molecular weight is 338 g/mol. The molecular weight excluding hydrogens is 327 g/mol. The Hall–Kier alpha value is -0.220. The van der Waals surface area contributed by atoms with E-state index in [-0.39, 0.29) is 16.4 Å². The molecule has 0 aliphatic heterocycles.